The van der Waals surface area contributed by atoms with Crippen LogP contribution in [0.1, 0.15) is 81.2 Å². The van der Waals surface area contributed by atoms with Crippen LogP contribution in [0.5, 0.6) is 0 Å². The molecule has 0 aliphatic heterocycles. The minimum absolute atomic E-state index is 0.188. The largest absolute Gasteiger partial charge is 0.378 e. The molecule has 7 nitrogen and oxygen atoms in total. The van der Waals surface area contributed by atoms with Crippen LogP contribution in [0.4, 0.5) is 5.82 Å². The second-order valence-corrected chi connectivity index (χ2v) is 8.85. The summed E-state index contributed by atoms with van der Waals surface area (Å²) < 4.78 is 8.64. The summed E-state index contributed by atoms with van der Waals surface area (Å²) in [4.78, 5) is 12.9. The molecule has 1 N–H and O–H groups in total. The van der Waals surface area contributed by atoms with Crippen LogP contribution in [-0.4, -0.2) is 32.6 Å². The lowest BCUT2D eigenvalue weighted by Crippen LogP contribution is -2.27. The molecule has 2 aromatic rings. The van der Waals surface area contributed by atoms with Gasteiger partial charge < -0.3 is 10.1 Å². The summed E-state index contributed by atoms with van der Waals surface area (Å²) in [5.41, 5.74) is 2.10. The molecule has 0 saturated heterocycles. The van der Waals surface area contributed by atoms with E-state index < -0.39 is 0 Å². The summed E-state index contributed by atoms with van der Waals surface area (Å²) in [6, 6.07) is 3.82. The first-order chi connectivity index (χ1) is 13.2. The summed E-state index contributed by atoms with van der Waals surface area (Å²) in [5, 5.41) is 12.3. The number of hydrogen-bond donors (Lipinski definition) is 1. The zero-order valence-electron chi connectivity index (χ0n) is 18.0. The van der Waals surface area contributed by atoms with Gasteiger partial charge in [0.05, 0.1) is 23.5 Å². The zero-order chi connectivity index (χ0) is 20.5. The highest BCUT2D eigenvalue weighted by Crippen LogP contribution is 2.40. The maximum absolute atomic E-state index is 12.9. The molecule has 1 fully saturated rings. The molecular weight excluding hydrogens is 354 g/mol. The number of aromatic nitrogens is 4. The van der Waals surface area contributed by atoms with Gasteiger partial charge in [0.2, 0.25) is 0 Å². The van der Waals surface area contributed by atoms with E-state index in [1.165, 1.54) is 25.7 Å². The van der Waals surface area contributed by atoms with Gasteiger partial charge >= 0.3 is 0 Å². The van der Waals surface area contributed by atoms with Crippen LogP contribution in [0.15, 0.2) is 12.1 Å². The van der Waals surface area contributed by atoms with Crippen molar-refractivity contribution in [2.45, 2.75) is 71.4 Å². The SMILES string of the molecule is CC[C@@H]1CC[C@H](c2cc(NC(=O)c3cc(COC)nn3C)n(C(C)(C)C)n2)C1. The van der Waals surface area contributed by atoms with Crippen molar-refractivity contribution in [1.82, 2.24) is 19.6 Å². The molecule has 1 aliphatic carbocycles. The summed E-state index contributed by atoms with van der Waals surface area (Å²) >= 11 is 0. The van der Waals surface area contributed by atoms with Crippen molar-refractivity contribution in [1.29, 1.82) is 0 Å². The molecule has 0 unspecified atom stereocenters. The van der Waals surface area contributed by atoms with Crippen LogP contribution in [-0.2, 0) is 23.9 Å². The van der Waals surface area contributed by atoms with E-state index in [9.17, 15) is 4.79 Å². The second kappa shape index (κ2) is 8.07. The number of ether oxygens (including phenoxy) is 1. The summed E-state index contributed by atoms with van der Waals surface area (Å²) in [5.74, 6) is 1.82. The Labute approximate surface area is 167 Å². The number of amides is 1. The minimum Gasteiger partial charge on any atom is -0.378 e. The first kappa shape index (κ1) is 20.6. The molecule has 0 radical (unpaired) electrons. The number of anilines is 1. The highest BCUT2D eigenvalue weighted by Gasteiger charge is 2.30. The minimum atomic E-state index is -0.225. The Morgan fingerprint density at radius 2 is 2.04 bits per heavy atom. The van der Waals surface area contributed by atoms with Crippen molar-refractivity contribution < 1.29 is 9.53 Å². The number of rotatable bonds is 6. The van der Waals surface area contributed by atoms with Crippen molar-refractivity contribution in [2.75, 3.05) is 12.4 Å². The fourth-order valence-corrected chi connectivity index (χ4v) is 4.05. The standard InChI is InChI=1S/C21H33N5O2/c1-7-14-8-9-15(10-14)17-12-19(26(24-17)21(2,3)4)22-20(27)18-11-16(13-28-6)23-25(18)5/h11-12,14-15H,7-10,13H2,1-6H3,(H,22,27)/t14-,15+/m1/s1. The van der Waals surface area contributed by atoms with Crippen LogP contribution < -0.4 is 5.32 Å². The fourth-order valence-electron chi connectivity index (χ4n) is 4.05. The first-order valence-corrected chi connectivity index (χ1v) is 10.2. The quantitative estimate of drug-likeness (QED) is 0.811. The lowest BCUT2D eigenvalue weighted by atomic mass is 10.0. The van der Waals surface area contributed by atoms with E-state index in [2.05, 4.69) is 44.2 Å². The molecule has 3 rings (SSSR count). The third-order valence-corrected chi connectivity index (χ3v) is 5.60. The lowest BCUT2D eigenvalue weighted by Gasteiger charge is -2.22. The van der Waals surface area contributed by atoms with E-state index in [1.807, 2.05) is 4.68 Å². The van der Waals surface area contributed by atoms with Crippen molar-refractivity contribution >= 4 is 11.7 Å². The van der Waals surface area contributed by atoms with Crippen LogP contribution in [0, 0.1) is 5.92 Å². The predicted molar refractivity (Wildman–Crippen MR) is 109 cm³/mol. The van der Waals surface area contributed by atoms with Gasteiger partial charge in [0.1, 0.15) is 11.5 Å². The molecule has 2 aromatic heterocycles. The molecular formula is C21H33N5O2. The molecule has 2 heterocycles. The number of aryl methyl sites for hydroxylation is 1. The molecule has 0 aromatic carbocycles. The first-order valence-electron chi connectivity index (χ1n) is 10.2. The van der Waals surface area contributed by atoms with Gasteiger partial charge in [-0.2, -0.15) is 10.2 Å². The number of carbonyl (C=O) groups is 1. The average Bonchev–Trinajstić information content (AvgIpc) is 3.32. The Bertz CT molecular complexity index is 830. The van der Waals surface area contributed by atoms with E-state index in [4.69, 9.17) is 9.84 Å². The van der Waals surface area contributed by atoms with E-state index >= 15 is 0 Å². The van der Waals surface area contributed by atoms with E-state index in [-0.39, 0.29) is 11.4 Å². The molecule has 2 atom stereocenters. The van der Waals surface area contributed by atoms with Crippen molar-refractivity contribution in [2.24, 2.45) is 13.0 Å². The van der Waals surface area contributed by atoms with Gasteiger partial charge in [0.25, 0.3) is 5.91 Å². The van der Waals surface area contributed by atoms with Gasteiger partial charge in [0, 0.05) is 26.1 Å². The predicted octanol–water partition coefficient (Wildman–Crippen LogP) is 4.06. The Kier molecular flexibility index (Phi) is 5.93. The molecule has 1 saturated carbocycles. The molecule has 1 aliphatic rings. The number of carbonyl (C=O) groups excluding carboxylic acids is 1. The fraction of sp³-hybridized carbons (Fsp3) is 0.667. The molecule has 0 spiro atoms. The topological polar surface area (TPSA) is 74.0 Å². The molecule has 154 valence electrons. The lowest BCUT2D eigenvalue weighted by molar-refractivity contribution is 0.101. The molecule has 0 bridgehead atoms. The third-order valence-electron chi connectivity index (χ3n) is 5.60. The Morgan fingerprint density at radius 3 is 2.64 bits per heavy atom. The van der Waals surface area contributed by atoms with E-state index in [0.717, 1.165) is 23.1 Å². The van der Waals surface area contributed by atoms with Crippen LogP contribution in [0.25, 0.3) is 0 Å². The third kappa shape index (κ3) is 4.29. The smallest absolute Gasteiger partial charge is 0.275 e. The van der Waals surface area contributed by atoms with Crippen molar-refractivity contribution in [3.05, 3.63) is 29.2 Å². The highest BCUT2D eigenvalue weighted by atomic mass is 16.5. The number of nitrogens with one attached hydrogen (secondary N) is 1. The average molecular weight is 388 g/mol. The van der Waals surface area contributed by atoms with Crippen molar-refractivity contribution in [3.63, 3.8) is 0 Å². The Morgan fingerprint density at radius 1 is 1.29 bits per heavy atom. The highest BCUT2D eigenvalue weighted by molar-refractivity contribution is 6.02. The monoisotopic (exact) mass is 387 g/mol. The Balaban J connectivity index is 1.85. The van der Waals surface area contributed by atoms with Crippen LogP contribution in [0.3, 0.4) is 0 Å². The normalized spacial score (nSPS) is 19.9. The maximum Gasteiger partial charge on any atom is 0.275 e. The number of hydrogen-bond acceptors (Lipinski definition) is 4. The van der Waals surface area contributed by atoms with Crippen LogP contribution >= 0.6 is 0 Å². The van der Waals surface area contributed by atoms with Gasteiger partial charge in [-0.25, -0.2) is 4.68 Å². The number of methoxy groups -OCH3 is 1. The van der Waals surface area contributed by atoms with E-state index in [1.54, 1.807) is 24.9 Å². The van der Waals surface area contributed by atoms with Crippen molar-refractivity contribution in [3.8, 4) is 0 Å². The zero-order valence-corrected chi connectivity index (χ0v) is 18.0. The van der Waals surface area contributed by atoms with Gasteiger partial charge in [-0.3, -0.25) is 9.48 Å². The molecule has 28 heavy (non-hydrogen) atoms. The molecule has 7 heteroatoms. The molecule has 1 amide bonds. The van der Waals surface area contributed by atoms with E-state index in [0.29, 0.717) is 18.2 Å². The summed E-state index contributed by atoms with van der Waals surface area (Å²) in [6.07, 6.45) is 4.86. The van der Waals surface area contributed by atoms with Gasteiger partial charge in [0.15, 0.2) is 0 Å². The second-order valence-electron chi connectivity index (χ2n) is 8.85. The summed E-state index contributed by atoms with van der Waals surface area (Å²) in [7, 11) is 3.38. The summed E-state index contributed by atoms with van der Waals surface area (Å²) in [6.45, 7) is 8.95. The maximum atomic E-state index is 12.9. The van der Waals surface area contributed by atoms with Gasteiger partial charge in [-0.15, -0.1) is 0 Å². The van der Waals surface area contributed by atoms with Gasteiger partial charge in [-0.1, -0.05) is 13.3 Å². The van der Waals surface area contributed by atoms with Gasteiger partial charge in [-0.05, 0) is 52.0 Å². The number of nitrogens with zero attached hydrogens (tertiary/aromatic N) is 4. The van der Waals surface area contributed by atoms with Crippen LogP contribution in [0.2, 0.25) is 0 Å². The Hall–Kier alpha value is -2.15.